The lowest BCUT2D eigenvalue weighted by atomic mass is 10.1. The zero-order chi connectivity index (χ0) is 19.8. The van der Waals surface area contributed by atoms with Crippen LogP contribution in [0.25, 0.3) is 28.2 Å². The zero-order valence-corrected chi connectivity index (χ0v) is 15.6. The number of hydrogen-bond acceptors (Lipinski definition) is 6. The van der Waals surface area contributed by atoms with E-state index in [4.69, 9.17) is 16.1 Å². The molecule has 4 N–H and O–H groups in total. The van der Waals surface area contributed by atoms with Gasteiger partial charge in [-0.3, -0.25) is 4.57 Å². The van der Waals surface area contributed by atoms with Crippen LogP contribution < -0.4 is 5.73 Å². The van der Waals surface area contributed by atoms with E-state index in [1.54, 1.807) is 4.57 Å². The number of nitrogen functional groups attached to an aromatic ring is 1. The summed E-state index contributed by atoms with van der Waals surface area (Å²) in [4.78, 5) is 13.6. The lowest BCUT2D eigenvalue weighted by Gasteiger charge is -2.11. The molecule has 2 aromatic heterocycles. The quantitative estimate of drug-likeness (QED) is 0.477. The Bertz CT molecular complexity index is 1190. The molecule has 0 aliphatic rings. The number of aliphatic hydroxyl groups is 1. The van der Waals surface area contributed by atoms with Gasteiger partial charge in [-0.25, -0.2) is 15.0 Å². The molecule has 0 radical (unpaired) electrons. The van der Waals surface area contributed by atoms with Crippen molar-refractivity contribution in [2.45, 2.75) is 13.8 Å². The van der Waals surface area contributed by atoms with E-state index in [1.165, 1.54) is 0 Å². The van der Waals surface area contributed by atoms with Gasteiger partial charge >= 0.3 is 0 Å². The van der Waals surface area contributed by atoms with Crippen molar-refractivity contribution in [1.82, 2.24) is 19.5 Å². The van der Waals surface area contributed by atoms with Gasteiger partial charge < -0.3 is 16.2 Å². The molecule has 0 saturated heterocycles. The molecule has 140 valence electrons. The monoisotopic (exact) mass is 372 g/mol. The Balaban J connectivity index is 2.06. The van der Waals surface area contributed by atoms with Crippen LogP contribution in [0, 0.1) is 19.3 Å². The van der Waals surface area contributed by atoms with Crippen LogP contribution >= 0.6 is 0 Å². The van der Waals surface area contributed by atoms with Crippen LogP contribution in [-0.2, 0) is 0 Å². The fourth-order valence-corrected chi connectivity index (χ4v) is 3.14. The number of hydrogen-bond donors (Lipinski definition) is 3. The van der Waals surface area contributed by atoms with E-state index in [2.05, 4.69) is 9.97 Å². The van der Waals surface area contributed by atoms with Crippen molar-refractivity contribution < 1.29 is 5.11 Å². The second-order valence-corrected chi connectivity index (χ2v) is 6.66. The molecule has 7 heteroatoms. The number of aliphatic hydroxyl groups excluding tert-OH is 1. The van der Waals surface area contributed by atoms with Crippen molar-refractivity contribution in [2.75, 3.05) is 12.3 Å². The van der Waals surface area contributed by atoms with Crippen LogP contribution in [0.5, 0.6) is 0 Å². The van der Waals surface area contributed by atoms with Gasteiger partial charge in [0.05, 0.1) is 18.0 Å². The molecule has 0 fully saturated rings. The summed E-state index contributed by atoms with van der Waals surface area (Å²) in [5.74, 6) is 0.710. The molecular formula is C21H20N6O. The maximum absolute atomic E-state index is 9.53. The summed E-state index contributed by atoms with van der Waals surface area (Å²) in [6, 6.07) is 15.6. The topological polar surface area (TPSA) is 114 Å². The lowest BCUT2D eigenvalue weighted by molar-refractivity contribution is 0.357. The van der Waals surface area contributed by atoms with E-state index in [0.717, 1.165) is 22.4 Å². The highest BCUT2D eigenvalue weighted by Gasteiger charge is 2.21. The Morgan fingerprint density at radius 2 is 1.75 bits per heavy atom. The van der Waals surface area contributed by atoms with E-state index in [-0.39, 0.29) is 17.4 Å². The van der Waals surface area contributed by atoms with Gasteiger partial charge in [0.15, 0.2) is 11.5 Å². The highest BCUT2D eigenvalue weighted by Crippen LogP contribution is 2.28. The Morgan fingerprint density at radius 3 is 2.43 bits per heavy atom. The van der Waals surface area contributed by atoms with Crippen LogP contribution in [0.15, 0.2) is 48.5 Å². The molecule has 4 aromatic rings. The minimum Gasteiger partial charge on any atom is -0.390 e. The first-order valence-corrected chi connectivity index (χ1v) is 8.87. The smallest absolute Gasteiger partial charge is 0.207 e. The molecule has 0 bridgehead atoms. The third-order valence-electron chi connectivity index (χ3n) is 4.64. The number of aromatic nitrogens is 4. The third kappa shape index (κ3) is 2.91. The lowest BCUT2D eigenvalue weighted by Crippen LogP contribution is -2.10. The molecule has 2 aromatic carbocycles. The average molecular weight is 372 g/mol. The summed E-state index contributed by atoms with van der Waals surface area (Å²) in [5.41, 5.74) is 11.2. The molecule has 0 unspecified atom stereocenters. The largest absolute Gasteiger partial charge is 0.390 e. The van der Waals surface area contributed by atoms with Crippen molar-refractivity contribution in [3.63, 3.8) is 0 Å². The van der Waals surface area contributed by atoms with E-state index in [0.29, 0.717) is 17.0 Å². The molecule has 0 spiro atoms. The van der Waals surface area contributed by atoms with Gasteiger partial charge in [-0.05, 0) is 25.5 Å². The molecule has 7 nitrogen and oxygen atoms in total. The maximum atomic E-state index is 9.53. The molecule has 0 amide bonds. The average Bonchev–Trinajstić information content (AvgIpc) is 3.03. The number of rotatable bonds is 4. The van der Waals surface area contributed by atoms with Gasteiger partial charge in [-0.15, -0.1) is 0 Å². The second kappa shape index (κ2) is 6.86. The van der Waals surface area contributed by atoms with Gasteiger partial charge in [0.25, 0.3) is 0 Å². The maximum Gasteiger partial charge on any atom is 0.207 e. The third-order valence-corrected chi connectivity index (χ3v) is 4.64. The fourth-order valence-electron chi connectivity index (χ4n) is 3.14. The van der Waals surface area contributed by atoms with Crippen molar-refractivity contribution >= 4 is 22.8 Å². The first kappa shape index (κ1) is 17.8. The number of fused-ring (bicyclic) bond motifs is 1. The normalized spacial score (nSPS) is 11.1. The Morgan fingerprint density at radius 1 is 1.04 bits per heavy atom. The first-order chi connectivity index (χ1) is 13.5. The number of aryl methyl sites for hydroxylation is 2. The van der Waals surface area contributed by atoms with Crippen LogP contribution in [0.2, 0.25) is 0 Å². The molecule has 2 heterocycles. The molecule has 4 rings (SSSR count). The van der Waals surface area contributed by atoms with Gasteiger partial charge in [0.1, 0.15) is 11.2 Å². The molecular weight excluding hydrogens is 352 g/mol. The number of imidazole rings is 1. The SMILES string of the molecule is Cc1ccc(-c2nc(C(=N)CO)c3nc(N)n(-c4ccccc4C)c3n2)cc1. The number of nitrogens with two attached hydrogens (primary N) is 1. The Hall–Kier alpha value is -3.58. The van der Waals surface area contributed by atoms with Crippen LogP contribution in [0.4, 0.5) is 5.95 Å². The zero-order valence-electron chi connectivity index (χ0n) is 15.6. The minimum atomic E-state index is -0.448. The Kier molecular flexibility index (Phi) is 4.37. The minimum absolute atomic E-state index is 0.0322. The number of benzene rings is 2. The van der Waals surface area contributed by atoms with Gasteiger partial charge in [-0.2, -0.15) is 0 Å². The van der Waals surface area contributed by atoms with Crippen LogP contribution in [0.3, 0.4) is 0 Å². The highest BCUT2D eigenvalue weighted by atomic mass is 16.3. The van der Waals surface area contributed by atoms with Crippen molar-refractivity contribution in [1.29, 1.82) is 5.41 Å². The summed E-state index contributed by atoms with van der Waals surface area (Å²) in [7, 11) is 0. The Labute approximate surface area is 162 Å². The molecule has 0 aliphatic carbocycles. The molecule has 28 heavy (non-hydrogen) atoms. The predicted octanol–water partition coefficient (Wildman–Crippen LogP) is 3.04. The molecule has 0 aliphatic heterocycles. The number of nitrogens with zero attached hydrogens (tertiary/aromatic N) is 4. The van der Waals surface area contributed by atoms with E-state index in [9.17, 15) is 5.11 Å². The number of anilines is 1. The van der Waals surface area contributed by atoms with Crippen molar-refractivity contribution in [2.24, 2.45) is 0 Å². The van der Waals surface area contributed by atoms with E-state index < -0.39 is 6.61 Å². The standard InChI is InChI=1S/C21H20N6O/c1-12-7-9-14(10-8-12)19-24-17(15(22)11-28)18-20(26-19)27(21(23)25-18)16-6-4-3-5-13(16)2/h3-10,22,28H,11H2,1-2H3,(H2,23,25). The summed E-state index contributed by atoms with van der Waals surface area (Å²) >= 11 is 0. The fraction of sp³-hybridized carbons (Fsp3) is 0.143. The summed E-state index contributed by atoms with van der Waals surface area (Å²) in [5, 5.41) is 17.7. The summed E-state index contributed by atoms with van der Waals surface area (Å²) in [6.45, 7) is 3.55. The van der Waals surface area contributed by atoms with Gasteiger partial charge in [0, 0.05) is 5.56 Å². The summed E-state index contributed by atoms with van der Waals surface area (Å²) in [6.07, 6.45) is 0. The van der Waals surface area contributed by atoms with Crippen molar-refractivity contribution in [3.8, 4) is 17.1 Å². The van der Waals surface area contributed by atoms with E-state index >= 15 is 0 Å². The first-order valence-electron chi connectivity index (χ1n) is 8.87. The summed E-state index contributed by atoms with van der Waals surface area (Å²) < 4.78 is 1.76. The highest BCUT2D eigenvalue weighted by molar-refractivity contribution is 6.07. The molecule has 0 saturated carbocycles. The van der Waals surface area contributed by atoms with Crippen LogP contribution in [0.1, 0.15) is 16.8 Å². The predicted molar refractivity (Wildman–Crippen MR) is 110 cm³/mol. The van der Waals surface area contributed by atoms with Crippen LogP contribution in [-0.4, -0.2) is 36.9 Å². The van der Waals surface area contributed by atoms with E-state index in [1.807, 2.05) is 62.4 Å². The number of para-hydroxylation sites is 1. The second-order valence-electron chi connectivity index (χ2n) is 6.66. The van der Waals surface area contributed by atoms with Crippen molar-refractivity contribution in [3.05, 3.63) is 65.4 Å². The van der Waals surface area contributed by atoms with Gasteiger partial charge in [0.2, 0.25) is 5.95 Å². The number of nitrogens with one attached hydrogen (secondary N) is 1. The van der Waals surface area contributed by atoms with Gasteiger partial charge in [-0.1, -0.05) is 48.0 Å². The molecule has 0 atom stereocenters.